The largest absolute Gasteiger partial charge is 0.294 e. The maximum Gasteiger partial charge on any atom is 0.162 e. The lowest BCUT2D eigenvalue weighted by Crippen LogP contribution is -1.98. The van der Waals surface area contributed by atoms with Crippen LogP contribution in [-0.2, 0) is 6.54 Å². The number of Topliss-reactive ketones (excluding diaryl/α,β-unsaturated/α-hetero) is 1. The van der Waals surface area contributed by atoms with Crippen LogP contribution in [0.2, 0.25) is 0 Å². The quantitative estimate of drug-likeness (QED) is 0.482. The van der Waals surface area contributed by atoms with Crippen LogP contribution < -0.4 is 0 Å². The second kappa shape index (κ2) is 8.04. The molecule has 96 valence electrons. The summed E-state index contributed by atoms with van der Waals surface area (Å²) in [6.45, 7) is 4.75. The van der Waals surface area contributed by atoms with E-state index in [1.807, 2.05) is 10.9 Å². The molecular formula is C14H24N2O. The van der Waals surface area contributed by atoms with Crippen LogP contribution in [0.25, 0.3) is 0 Å². The Bertz CT molecular complexity index is 331. The molecule has 3 heteroatoms. The number of aryl methyl sites for hydroxylation is 1. The van der Waals surface area contributed by atoms with Crippen LogP contribution in [0.5, 0.6) is 0 Å². The Hall–Kier alpha value is -1.12. The van der Waals surface area contributed by atoms with Gasteiger partial charge in [-0.2, -0.15) is 5.10 Å². The van der Waals surface area contributed by atoms with Gasteiger partial charge in [0.05, 0.1) is 11.8 Å². The highest BCUT2D eigenvalue weighted by atomic mass is 16.1. The van der Waals surface area contributed by atoms with Crippen molar-refractivity contribution in [2.75, 3.05) is 0 Å². The zero-order valence-corrected chi connectivity index (χ0v) is 11.1. The first kappa shape index (κ1) is 13.9. The highest BCUT2D eigenvalue weighted by molar-refractivity contribution is 5.93. The minimum Gasteiger partial charge on any atom is -0.294 e. The van der Waals surface area contributed by atoms with Crippen molar-refractivity contribution in [3.8, 4) is 0 Å². The van der Waals surface area contributed by atoms with E-state index < -0.39 is 0 Å². The molecule has 0 atom stereocenters. The summed E-state index contributed by atoms with van der Waals surface area (Å²) in [6, 6.07) is 0. The first-order valence-electron chi connectivity index (χ1n) is 6.77. The maximum absolute atomic E-state index is 11.1. The van der Waals surface area contributed by atoms with E-state index >= 15 is 0 Å². The van der Waals surface area contributed by atoms with E-state index in [1.165, 1.54) is 38.5 Å². The molecule has 17 heavy (non-hydrogen) atoms. The molecule has 3 nitrogen and oxygen atoms in total. The number of hydrogen-bond donors (Lipinski definition) is 0. The van der Waals surface area contributed by atoms with Crippen LogP contribution in [0.1, 0.15) is 69.2 Å². The zero-order chi connectivity index (χ0) is 12.5. The van der Waals surface area contributed by atoms with Crippen molar-refractivity contribution in [3.63, 3.8) is 0 Å². The lowest BCUT2D eigenvalue weighted by Gasteiger charge is -2.01. The fraction of sp³-hybridized carbons (Fsp3) is 0.714. The number of hydrogen-bond acceptors (Lipinski definition) is 2. The van der Waals surface area contributed by atoms with Crippen LogP contribution in [0.4, 0.5) is 0 Å². The molecular weight excluding hydrogens is 212 g/mol. The summed E-state index contributed by atoms with van der Waals surface area (Å²) in [5.74, 6) is 0.0933. The summed E-state index contributed by atoms with van der Waals surface area (Å²) in [6.07, 6.45) is 12.6. The summed E-state index contributed by atoms with van der Waals surface area (Å²) in [4.78, 5) is 11.1. The normalized spacial score (nSPS) is 10.7. The zero-order valence-electron chi connectivity index (χ0n) is 11.1. The molecule has 1 aromatic rings. The molecule has 0 aliphatic heterocycles. The maximum atomic E-state index is 11.1. The molecule has 0 aliphatic rings. The van der Waals surface area contributed by atoms with Crippen molar-refractivity contribution in [2.24, 2.45) is 0 Å². The average Bonchev–Trinajstić information content (AvgIpc) is 2.77. The van der Waals surface area contributed by atoms with Gasteiger partial charge in [0.2, 0.25) is 0 Å². The van der Waals surface area contributed by atoms with Gasteiger partial charge in [-0.05, 0) is 13.3 Å². The van der Waals surface area contributed by atoms with Gasteiger partial charge in [0.1, 0.15) is 0 Å². The summed E-state index contributed by atoms with van der Waals surface area (Å²) in [5, 5.41) is 4.18. The molecule has 0 unspecified atom stereocenters. The summed E-state index contributed by atoms with van der Waals surface area (Å²) in [5.41, 5.74) is 0.716. The molecule has 1 aromatic heterocycles. The van der Waals surface area contributed by atoms with Crippen molar-refractivity contribution in [3.05, 3.63) is 18.0 Å². The fourth-order valence-electron chi connectivity index (χ4n) is 1.90. The van der Waals surface area contributed by atoms with E-state index in [1.54, 1.807) is 13.1 Å². The number of ketones is 1. The van der Waals surface area contributed by atoms with E-state index in [-0.39, 0.29) is 5.78 Å². The van der Waals surface area contributed by atoms with Gasteiger partial charge in [-0.25, -0.2) is 0 Å². The Morgan fingerprint density at radius 1 is 1.18 bits per heavy atom. The van der Waals surface area contributed by atoms with Crippen molar-refractivity contribution in [2.45, 2.75) is 65.3 Å². The van der Waals surface area contributed by atoms with Crippen molar-refractivity contribution >= 4 is 5.78 Å². The molecule has 1 rings (SSSR count). The number of nitrogens with zero attached hydrogens (tertiary/aromatic N) is 2. The average molecular weight is 236 g/mol. The number of rotatable bonds is 9. The summed E-state index contributed by atoms with van der Waals surface area (Å²) < 4.78 is 1.88. The lowest BCUT2D eigenvalue weighted by molar-refractivity contribution is 0.101. The van der Waals surface area contributed by atoms with Crippen LogP contribution in [0.3, 0.4) is 0 Å². The third-order valence-corrected chi connectivity index (χ3v) is 3.03. The van der Waals surface area contributed by atoms with E-state index in [0.717, 1.165) is 13.0 Å². The molecule has 0 N–H and O–H groups in total. The van der Waals surface area contributed by atoms with Gasteiger partial charge >= 0.3 is 0 Å². The number of carbonyl (C=O) groups is 1. The molecule has 1 heterocycles. The molecule has 0 radical (unpaired) electrons. The monoisotopic (exact) mass is 236 g/mol. The standard InChI is InChI=1S/C14H24N2O/c1-3-4-5-6-7-8-9-10-16-12-14(11-15-16)13(2)17/h11-12H,3-10H2,1-2H3. The highest BCUT2D eigenvalue weighted by Gasteiger charge is 2.02. The molecule has 0 fully saturated rings. The molecule has 0 amide bonds. The Kier molecular flexibility index (Phi) is 6.60. The molecule has 0 spiro atoms. The van der Waals surface area contributed by atoms with Crippen LogP contribution in [-0.4, -0.2) is 15.6 Å². The van der Waals surface area contributed by atoms with Crippen LogP contribution >= 0.6 is 0 Å². The number of aromatic nitrogens is 2. The predicted molar refractivity (Wildman–Crippen MR) is 70.2 cm³/mol. The second-order valence-corrected chi connectivity index (χ2v) is 4.67. The second-order valence-electron chi connectivity index (χ2n) is 4.67. The smallest absolute Gasteiger partial charge is 0.162 e. The molecule has 0 saturated carbocycles. The molecule has 0 saturated heterocycles. The first-order chi connectivity index (χ1) is 8.24. The van der Waals surface area contributed by atoms with Crippen LogP contribution in [0, 0.1) is 0 Å². The van der Waals surface area contributed by atoms with E-state index in [2.05, 4.69) is 12.0 Å². The number of carbonyl (C=O) groups excluding carboxylic acids is 1. The van der Waals surface area contributed by atoms with Crippen LogP contribution in [0.15, 0.2) is 12.4 Å². The molecule has 0 bridgehead atoms. The minimum atomic E-state index is 0.0933. The van der Waals surface area contributed by atoms with E-state index in [9.17, 15) is 4.79 Å². The Morgan fingerprint density at radius 2 is 1.82 bits per heavy atom. The SMILES string of the molecule is CCCCCCCCCn1cc(C(C)=O)cn1. The topological polar surface area (TPSA) is 34.9 Å². The van der Waals surface area contributed by atoms with Gasteiger partial charge in [-0.1, -0.05) is 45.4 Å². The highest BCUT2D eigenvalue weighted by Crippen LogP contribution is 2.08. The Balaban J connectivity index is 2.07. The van der Waals surface area contributed by atoms with Gasteiger partial charge in [0.15, 0.2) is 5.78 Å². The molecule has 0 aliphatic carbocycles. The van der Waals surface area contributed by atoms with Crippen molar-refractivity contribution in [1.29, 1.82) is 0 Å². The minimum absolute atomic E-state index is 0.0933. The fourth-order valence-corrected chi connectivity index (χ4v) is 1.90. The predicted octanol–water partition coefficient (Wildman–Crippen LogP) is 3.84. The lowest BCUT2D eigenvalue weighted by atomic mass is 10.1. The Labute approximate surface area is 104 Å². The number of unbranched alkanes of at least 4 members (excludes halogenated alkanes) is 6. The van der Waals surface area contributed by atoms with Crippen molar-refractivity contribution < 1.29 is 4.79 Å². The van der Waals surface area contributed by atoms with E-state index in [4.69, 9.17) is 0 Å². The van der Waals surface area contributed by atoms with Gasteiger partial charge in [-0.15, -0.1) is 0 Å². The first-order valence-corrected chi connectivity index (χ1v) is 6.77. The van der Waals surface area contributed by atoms with Crippen molar-refractivity contribution in [1.82, 2.24) is 9.78 Å². The van der Waals surface area contributed by atoms with Gasteiger partial charge in [0, 0.05) is 12.7 Å². The third kappa shape index (κ3) is 5.66. The van der Waals surface area contributed by atoms with E-state index in [0.29, 0.717) is 5.56 Å². The van der Waals surface area contributed by atoms with Gasteiger partial charge < -0.3 is 0 Å². The summed E-state index contributed by atoms with van der Waals surface area (Å²) >= 11 is 0. The molecule has 0 aromatic carbocycles. The van der Waals surface area contributed by atoms with Gasteiger partial charge in [0.25, 0.3) is 0 Å². The van der Waals surface area contributed by atoms with Gasteiger partial charge in [-0.3, -0.25) is 9.48 Å². The Morgan fingerprint density at radius 3 is 2.41 bits per heavy atom. The summed E-state index contributed by atoms with van der Waals surface area (Å²) in [7, 11) is 0. The third-order valence-electron chi connectivity index (χ3n) is 3.03.